The number of rotatable bonds is 2. The smallest absolute Gasteiger partial charge is 0.124 e. The van der Waals surface area contributed by atoms with Crippen molar-refractivity contribution in [3.63, 3.8) is 0 Å². The molecule has 0 radical (unpaired) electrons. The number of nitrogen functional groups attached to an aromatic ring is 1. The topological polar surface area (TPSA) is 38.0 Å². The first-order valence-electron chi connectivity index (χ1n) is 4.84. The van der Waals surface area contributed by atoms with Crippen molar-refractivity contribution in [2.75, 3.05) is 11.1 Å². The maximum Gasteiger partial charge on any atom is 0.124 e. The Labute approximate surface area is 112 Å². The molecule has 0 fully saturated rings. The van der Waals surface area contributed by atoms with Crippen molar-refractivity contribution in [2.45, 2.75) is 0 Å². The fourth-order valence-electron chi connectivity index (χ4n) is 1.38. The second-order valence-electron chi connectivity index (χ2n) is 3.45. The number of halogens is 3. The molecule has 2 aromatic rings. The van der Waals surface area contributed by atoms with Crippen LogP contribution in [0.2, 0.25) is 5.02 Å². The minimum Gasteiger partial charge on any atom is -0.396 e. The molecule has 0 heterocycles. The number of hydrogen-bond donors (Lipinski definition) is 2. The van der Waals surface area contributed by atoms with Gasteiger partial charge in [0.15, 0.2) is 0 Å². The van der Waals surface area contributed by atoms with Crippen LogP contribution >= 0.6 is 27.5 Å². The van der Waals surface area contributed by atoms with Crippen LogP contribution in [0.4, 0.5) is 21.5 Å². The van der Waals surface area contributed by atoms with E-state index in [1.807, 2.05) is 0 Å². The summed E-state index contributed by atoms with van der Waals surface area (Å²) in [7, 11) is 0. The van der Waals surface area contributed by atoms with Gasteiger partial charge in [-0.2, -0.15) is 0 Å². The lowest BCUT2D eigenvalue weighted by molar-refractivity contribution is 0.627. The van der Waals surface area contributed by atoms with Crippen molar-refractivity contribution in [3.8, 4) is 0 Å². The molecule has 0 bridgehead atoms. The maximum atomic E-state index is 12.9. The van der Waals surface area contributed by atoms with E-state index in [0.717, 1.165) is 5.69 Å². The van der Waals surface area contributed by atoms with E-state index in [4.69, 9.17) is 17.3 Å². The first kappa shape index (κ1) is 12.2. The monoisotopic (exact) mass is 314 g/mol. The maximum absolute atomic E-state index is 12.9. The molecule has 0 aliphatic rings. The molecule has 0 saturated carbocycles. The Hall–Kier alpha value is -1.26. The molecule has 0 atom stereocenters. The third-order valence-electron chi connectivity index (χ3n) is 2.25. The van der Waals surface area contributed by atoms with Crippen LogP contribution < -0.4 is 11.1 Å². The normalized spacial score (nSPS) is 10.3. The molecule has 88 valence electrons. The first-order chi connectivity index (χ1) is 8.08. The predicted octanol–water partition coefficient (Wildman–Crippen LogP) is 4.57. The van der Waals surface area contributed by atoms with Crippen LogP contribution in [0.15, 0.2) is 40.9 Å². The number of nitrogens with two attached hydrogens (primary N) is 1. The Morgan fingerprint density at radius 3 is 2.65 bits per heavy atom. The second-order valence-corrected chi connectivity index (χ2v) is 4.71. The summed E-state index contributed by atoms with van der Waals surface area (Å²) in [5, 5.41) is 3.57. The Morgan fingerprint density at radius 2 is 1.94 bits per heavy atom. The largest absolute Gasteiger partial charge is 0.396 e. The zero-order valence-corrected chi connectivity index (χ0v) is 11.0. The van der Waals surface area contributed by atoms with Gasteiger partial charge in [0.1, 0.15) is 5.82 Å². The Morgan fingerprint density at radius 1 is 1.18 bits per heavy atom. The fraction of sp³-hybridized carbons (Fsp3) is 0. The summed E-state index contributed by atoms with van der Waals surface area (Å²) in [5.41, 5.74) is 7.70. The molecular weight excluding hydrogens is 307 g/mol. The van der Waals surface area contributed by atoms with Gasteiger partial charge >= 0.3 is 0 Å². The minimum atomic E-state index is -0.304. The van der Waals surface area contributed by atoms with E-state index in [9.17, 15) is 4.39 Å². The van der Waals surface area contributed by atoms with Crippen LogP contribution in [0, 0.1) is 5.82 Å². The van der Waals surface area contributed by atoms with Crippen LogP contribution in [-0.2, 0) is 0 Å². The summed E-state index contributed by atoms with van der Waals surface area (Å²) in [5.74, 6) is -0.304. The van der Waals surface area contributed by atoms with Crippen molar-refractivity contribution in [1.29, 1.82) is 0 Å². The lowest BCUT2D eigenvalue weighted by Crippen LogP contribution is -1.97. The number of hydrogen-bond acceptors (Lipinski definition) is 2. The quantitative estimate of drug-likeness (QED) is 0.797. The molecule has 0 aliphatic heterocycles. The Bertz CT molecular complexity index is 560. The average Bonchev–Trinajstić information content (AvgIpc) is 2.28. The van der Waals surface area contributed by atoms with Gasteiger partial charge in [0.25, 0.3) is 0 Å². The summed E-state index contributed by atoms with van der Waals surface area (Å²) in [6.07, 6.45) is 0. The highest BCUT2D eigenvalue weighted by Gasteiger charge is 2.06. The van der Waals surface area contributed by atoms with Crippen molar-refractivity contribution in [1.82, 2.24) is 0 Å². The molecule has 0 saturated heterocycles. The standard InChI is InChI=1S/C12H9BrClFN2/c13-8-6-7(15)4-5-10(8)17-11-3-1-2-9(14)12(11)16/h1-6,17H,16H2. The summed E-state index contributed by atoms with van der Waals surface area (Å²) >= 11 is 9.18. The lowest BCUT2D eigenvalue weighted by Gasteiger charge is -2.11. The van der Waals surface area contributed by atoms with Gasteiger partial charge in [0.05, 0.1) is 22.1 Å². The zero-order valence-electron chi connectivity index (χ0n) is 8.68. The van der Waals surface area contributed by atoms with Gasteiger partial charge in [-0.25, -0.2) is 4.39 Å². The van der Waals surface area contributed by atoms with Crippen LogP contribution in [-0.4, -0.2) is 0 Å². The summed E-state index contributed by atoms with van der Waals surface area (Å²) in [6, 6.07) is 9.67. The summed E-state index contributed by atoms with van der Waals surface area (Å²) in [4.78, 5) is 0. The molecule has 17 heavy (non-hydrogen) atoms. The molecular formula is C12H9BrClFN2. The molecule has 0 spiro atoms. The van der Waals surface area contributed by atoms with Gasteiger partial charge in [-0.1, -0.05) is 17.7 Å². The van der Waals surface area contributed by atoms with Gasteiger partial charge in [-0.15, -0.1) is 0 Å². The van der Waals surface area contributed by atoms with Gasteiger partial charge in [-0.3, -0.25) is 0 Å². The third-order valence-corrected chi connectivity index (χ3v) is 3.24. The van der Waals surface area contributed by atoms with Crippen molar-refractivity contribution < 1.29 is 4.39 Å². The number of nitrogens with one attached hydrogen (secondary N) is 1. The van der Waals surface area contributed by atoms with Crippen LogP contribution in [0.5, 0.6) is 0 Å². The van der Waals surface area contributed by atoms with Gasteiger partial charge in [-0.05, 0) is 46.3 Å². The highest BCUT2D eigenvalue weighted by Crippen LogP contribution is 2.32. The summed E-state index contributed by atoms with van der Waals surface area (Å²) in [6.45, 7) is 0. The minimum absolute atomic E-state index is 0.304. The van der Waals surface area contributed by atoms with E-state index in [-0.39, 0.29) is 5.82 Å². The summed E-state index contributed by atoms with van der Waals surface area (Å²) < 4.78 is 13.5. The number of para-hydroxylation sites is 1. The van der Waals surface area contributed by atoms with Crippen molar-refractivity contribution in [2.24, 2.45) is 0 Å². The molecule has 0 aliphatic carbocycles. The third kappa shape index (κ3) is 2.70. The molecule has 0 amide bonds. The molecule has 2 rings (SSSR count). The van der Waals surface area contributed by atoms with Crippen molar-refractivity contribution >= 4 is 44.6 Å². The SMILES string of the molecule is Nc1c(Cl)cccc1Nc1ccc(F)cc1Br. The molecule has 2 aromatic carbocycles. The molecule has 0 aromatic heterocycles. The van der Waals surface area contributed by atoms with E-state index < -0.39 is 0 Å². The number of anilines is 3. The van der Waals surface area contributed by atoms with Crippen LogP contribution in [0.25, 0.3) is 0 Å². The predicted molar refractivity (Wildman–Crippen MR) is 73.2 cm³/mol. The van der Waals surface area contributed by atoms with Crippen LogP contribution in [0.1, 0.15) is 0 Å². The Balaban J connectivity index is 2.35. The van der Waals surface area contributed by atoms with E-state index in [2.05, 4.69) is 21.2 Å². The van der Waals surface area contributed by atoms with E-state index >= 15 is 0 Å². The van der Waals surface area contributed by atoms with Crippen LogP contribution in [0.3, 0.4) is 0 Å². The molecule has 3 N–H and O–H groups in total. The van der Waals surface area contributed by atoms with E-state index in [1.165, 1.54) is 12.1 Å². The molecule has 0 unspecified atom stereocenters. The average molecular weight is 316 g/mol. The fourth-order valence-corrected chi connectivity index (χ4v) is 2.01. The second kappa shape index (κ2) is 4.94. The highest BCUT2D eigenvalue weighted by atomic mass is 79.9. The Kier molecular flexibility index (Phi) is 3.54. The lowest BCUT2D eigenvalue weighted by atomic mass is 10.2. The van der Waals surface area contributed by atoms with E-state index in [1.54, 1.807) is 24.3 Å². The zero-order chi connectivity index (χ0) is 12.4. The highest BCUT2D eigenvalue weighted by molar-refractivity contribution is 9.10. The van der Waals surface area contributed by atoms with Gasteiger partial charge < -0.3 is 11.1 Å². The van der Waals surface area contributed by atoms with E-state index in [0.29, 0.717) is 20.9 Å². The molecule has 5 heteroatoms. The van der Waals surface area contributed by atoms with Gasteiger partial charge in [0.2, 0.25) is 0 Å². The number of benzene rings is 2. The van der Waals surface area contributed by atoms with Gasteiger partial charge in [0, 0.05) is 4.47 Å². The van der Waals surface area contributed by atoms with Crippen molar-refractivity contribution in [3.05, 3.63) is 51.7 Å². The molecule has 2 nitrogen and oxygen atoms in total. The first-order valence-corrected chi connectivity index (χ1v) is 6.01.